The summed E-state index contributed by atoms with van der Waals surface area (Å²) in [5.74, 6) is 0.494. The van der Waals surface area contributed by atoms with Crippen LogP contribution in [0.2, 0.25) is 0 Å². The number of nitrogens with zero attached hydrogens (tertiary/aromatic N) is 2. The number of likely N-dealkylation sites (tertiary alicyclic amines) is 1. The summed E-state index contributed by atoms with van der Waals surface area (Å²) >= 11 is 1.71. The summed E-state index contributed by atoms with van der Waals surface area (Å²) in [6.07, 6.45) is 2.21. The van der Waals surface area contributed by atoms with Gasteiger partial charge in [-0.05, 0) is 50.4 Å². The van der Waals surface area contributed by atoms with Crippen LogP contribution in [0.4, 0.5) is 5.69 Å². The first kappa shape index (κ1) is 16.4. The Labute approximate surface area is 142 Å². The lowest BCUT2D eigenvalue weighted by atomic mass is 9.97. The van der Waals surface area contributed by atoms with Gasteiger partial charge in [-0.3, -0.25) is 4.90 Å². The van der Waals surface area contributed by atoms with Crippen LogP contribution < -0.4 is 5.32 Å². The van der Waals surface area contributed by atoms with Crippen molar-refractivity contribution in [1.29, 1.82) is 0 Å². The number of piperidine rings is 1. The Morgan fingerprint density at radius 3 is 2.78 bits per heavy atom. The normalized spacial score (nSPS) is 16.6. The molecule has 0 unspecified atom stereocenters. The smallest absolute Gasteiger partial charge is 0.0798 e. The largest absolute Gasteiger partial charge is 0.396 e. The molecular weight excluding hydrogens is 306 g/mol. The number of aryl methyl sites for hydroxylation is 1. The number of nitrogens with one attached hydrogen (secondary N) is 1. The molecule has 2 heterocycles. The Hall–Kier alpha value is -1.43. The number of aliphatic hydroxyl groups excluding tert-OH is 1. The summed E-state index contributed by atoms with van der Waals surface area (Å²) in [5.41, 5.74) is 5.58. The fourth-order valence-corrected chi connectivity index (χ4v) is 3.79. The third-order valence-electron chi connectivity index (χ3n) is 4.66. The van der Waals surface area contributed by atoms with E-state index in [1.54, 1.807) is 11.3 Å². The van der Waals surface area contributed by atoms with E-state index in [0.717, 1.165) is 44.7 Å². The van der Waals surface area contributed by atoms with Gasteiger partial charge in [-0.15, -0.1) is 11.3 Å². The van der Waals surface area contributed by atoms with Crippen LogP contribution in [0.1, 0.15) is 29.0 Å². The number of para-hydroxylation sites is 1. The highest BCUT2D eigenvalue weighted by Crippen LogP contribution is 2.23. The summed E-state index contributed by atoms with van der Waals surface area (Å²) in [6.45, 7) is 6.36. The molecule has 2 N–H and O–H groups in total. The Morgan fingerprint density at radius 2 is 2.09 bits per heavy atom. The lowest BCUT2D eigenvalue weighted by Gasteiger charge is -2.31. The number of aliphatic hydroxyl groups is 1. The van der Waals surface area contributed by atoms with Gasteiger partial charge in [0.2, 0.25) is 0 Å². The Bertz CT molecular complexity index is 620. The van der Waals surface area contributed by atoms with Gasteiger partial charge in [0.25, 0.3) is 0 Å². The van der Waals surface area contributed by atoms with E-state index in [4.69, 9.17) is 0 Å². The molecule has 1 aliphatic rings. The zero-order valence-electron chi connectivity index (χ0n) is 13.7. The molecule has 2 aromatic rings. The lowest BCUT2D eigenvalue weighted by molar-refractivity contribution is 0.127. The van der Waals surface area contributed by atoms with Gasteiger partial charge in [-0.25, -0.2) is 4.98 Å². The van der Waals surface area contributed by atoms with Crippen LogP contribution in [0.25, 0.3) is 0 Å². The molecule has 0 atom stereocenters. The van der Waals surface area contributed by atoms with E-state index in [9.17, 15) is 5.11 Å². The maximum Gasteiger partial charge on any atom is 0.0798 e. The highest BCUT2D eigenvalue weighted by Gasteiger charge is 2.19. The van der Waals surface area contributed by atoms with Gasteiger partial charge in [0, 0.05) is 23.7 Å². The molecule has 0 spiro atoms. The van der Waals surface area contributed by atoms with Crippen molar-refractivity contribution in [2.24, 2.45) is 5.92 Å². The van der Waals surface area contributed by atoms with Gasteiger partial charge < -0.3 is 10.4 Å². The van der Waals surface area contributed by atoms with Gasteiger partial charge >= 0.3 is 0 Å². The van der Waals surface area contributed by atoms with Crippen LogP contribution in [0.5, 0.6) is 0 Å². The third-order valence-corrected chi connectivity index (χ3v) is 5.60. The topological polar surface area (TPSA) is 48.4 Å². The monoisotopic (exact) mass is 331 g/mol. The van der Waals surface area contributed by atoms with Gasteiger partial charge in [-0.1, -0.05) is 18.2 Å². The fourth-order valence-electron chi connectivity index (χ4n) is 3.07. The fraction of sp³-hybridized carbons (Fsp3) is 0.500. The van der Waals surface area contributed by atoms with Crippen molar-refractivity contribution < 1.29 is 5.11 Å². The first-order valence-electron chi connectivity index (χ1n) is 8.30. The summed E-state index contributed by atoms with van der Waals surface area (Å²) in [7, 11) is 0. The summed E-state index contributed by atoms with van der Waals surface area (Å²) in [4.78, 5) is 8.10. The van der Waals surface area contributed by atoms with E-state index < -0.39 is 0 Å². The predicted octanol–water partition coefficient (Wildman–Crippen LogP) is 3.27. The second-order valence-electron chi connectivity index (χ2n) is 6.27. The van der Waals surface area contributed by atoms with Crippen molar-refractivity contribution in [2.75, 3.05) is 25.0 Å². The average molecular weight is 331 g/mol. The number of thiazole rings is 1. The zero-order chi connectivity index (χ0) is 16.1. The lowest BCUT2D eigenvalue weighted by Crippen LogP contribution is -2.34. The molecule has 1 saturated heterocycles. The number of hydrogen-bond acceptors (Lipinski definition) is 5. The average Bonchev–Trinajstić information content (AvgIpc) is 3.00. The maximum atomic E-state index is 9.26. The molecule has 0 saturated carbocycles. The van der Waals surface area contributed by atoms with Crippen LogP contribution in [0.3, 0.4) is 0 Å². The molecule has 1 aromatic heterocycles. The summed E-state index contributed by atoms with van der Waals surface area (Å²) < 4.78 is 0. The number of rotatable bonds is 6. The third kappa shape index (κ3) is 4.31. The van der Waals surface area contributed by atoms with Crippen LogP contribution in [0.15, 0.2) is 29.8 Å². The van der Waals surface area contributed by atoms with Gasteiger partial charge in [0.1, 0.15) is 0 Å². The highest BCUT2D eigenvalue weighted by molar-refractivity contribution is 7.09. The van der Waals surface area contributed by atoms with E-state index >= 15 is 0 Å². The molecule has 4 nitrogen and oxygen atoms in total. The molecule has 1 fully saturated rings. The number of benzene rings is 1. The second kappa shape index (κ2) is 7.90. The Morgan fingerprint density at radius 1 is 1.30 bits per heavy atom. The van der Waals surface area contributed by atoms with E-state index in [2.05, 4.69) is 46.4 Å². The number of anilines is 1. The molecule has 0 amide bonds. The Balaban J connectivity index is 1.60. The molecule has 0 radical (unpaired) electrons. The summed E-state index contributed by atoms with van der Waals surface area (Å²) in [6, 6.07) is 8.56. The van der Waals surface area contributed by atoms with Crippen molar-refractivity contribution >= 4 is 17.0 Å². The van der Waals surface area contributed by atoms with Crippen molar-refractivity contribution in [3.8, 4) is 0 Å². The molecule has 5 heteroatoms. The Kier molecular flexibility index (Phi) is 5.65. The first-order chi connectivity index (χ1) is 11.3. The summed E-state index contributed by atoms with van der Waals surface area (Å²) in [5, 5.41) is 12.8. The quantitative estimate of drug-likeness (QED) is 0.853. The van der Waals surface area contributed by atoms with E-state index in [0.29, 0.717) is 12.5 Å². The molecule has 1 aromatic carbocycles. The number of hydrogen-bond donors (Lipinski definition) is 2. The standard InChI is InChI=1S/C18H25N3OS/c1-14-18(23-13-20-14)10-19-17-5-3-2-4-16(17)11-21-8-6-15(12-22)7-9-21/h2-5,13,15,19,22H,6-12H2,1H3. The van der Waals surface area contributed by atoms with E-state index in [1.165, 1.54) is 16.1 Å². The SMILES string of the molecule is Cc1ncsc1CNc1ccccc1CN1CCC(CO)CC1. The molecule has 124 valence electrons. The minimum absolute atomic E-state index is 0.334. The van der Waals surface area contributed by atoms with Crippen molar-refractivity contribution in [2.45, 2.75) is 32.9 Å². The number of aromatic nitrogens is 1. The predicted molar refractivity (Wildman–Crippen MR) is 95.7 cm³/mol. The molecule has 23 heavy (non-hydrogen) atoms. The maximum absolute atomic E-state index is 9.26. The van der Waals surface area contributed by atoms with Gasteiger partial charge in [-0.2, -0.15) is 0 Å². The van der Waals surface area contributed by atoms with Crippen molar-refractivity contribution in [3.05, 3.63) is 45.9 Å². The minimum atomic E-state index is 0.334. The van der Waals surface area contributed by atoms with Crippen LogP contribution in [-0.4, -0.2) is 34.7 Å². The van der Waals surface area contributed by atoms with E-state index in [-0.39, 0.29) is 0 Å². The van der Waals surface area contributed by atoms with Gasteiger partial charge in [0.15, 0.2) is 0 Å². The molecular formula is C18H25N3OS. The molecule has 3 rings (SSSR count). The van der Waals surface area contributed by atoms with Crippen LogP contribution in [0, 0.1) is 12.8 Å². The molecule has 0 aliphatic carbocycles. The van der Waals surface area contributed by atoms with Gasteiger partial charge in [0.05, 0.1) is 17.7 Å². The highest BCUT2D eigenvalue weighted by atomic mass is 32.1. The minimum Gasteiger partial charge on any atom is -0.396 e. The molecule has 1 aliphatic heterocycles. The van der Waals surface area contributed by atoms with Crippen molar-refractivity contribution in [1.82, 2.24) is 9.88 Å². The van der Waals surface area contributed by atoms with Crippen molar-refractivity contribution in [3.63, 3.8) is 0 Å². The molecule has 0 bridgehead atoms. The first-order valence-corrected chi connectivity index (χ1v) is 9.18. The van der Waals surface area contributed by atoms with E-state index in [1.807, 2.05) is 5.51 Å². The second-order valence-corrected chi connectivity index (χ2v) is 7.21. The van der Waals surface area contributed by atoms with Crippen LogP contribution in [-0.2, 0) is 13.1 Å². The zero-order valence-corrected chi connectivity index (χ0v) is 14.5. The van der Waals surface area contributed by atoms with Crippen LogP contribution >= 0.6 is 11.3 Å².